The molecule has 1 saturated heterocycles. The third-order valence-corrected chi connectivity index (χ3v) is 8.04. The van der Waals surface area contributed by atoms with E-state index in [9.17, 15) is 9.59 Å². The van der Waals surface area contributed by atoms with Crippen molar-refractivity contribution in [1.82, 2.24) is 15.1 Å². The van der Waals surface area contributed by atoms with E-state index < -0.39 is 0 Å². The van der Waals surface area contributed by atoms with Gasteiger partial charge in [-0.15, -0.1) is 0 Å². The van der Waals surface area contributed by atoms with Crippen LogP contribution in [0.1, 0.15) is 69.4 Å². The Bertz CT molecular complexity index is 807. The maximum absolute atomic E-state index is 13.3. The average Bonchev–Trinajstić information content (AvgIpc) is 3.67. The first kappa shape index (κ1) is 24.2. The fourth-order valence-electron chi connectivity index (χ4n) is 5.90. The predicted molar refractivity (Wildman–Crippen MR) is 131 cm³/mol. The SMILES string of the molecule is CC(=O)N1CCC(N(Cc2ccc(C)cc2)C2CC2)C[C@@H]1C(=O)NCC1CCCC(CN)C1. The molecule has 1 aliphatic heterocycles. The van der Waals surface area contributed by atoms with Gasteiger partial charge in [0, 0.05) is 38.6 Å². The second kappa shape index (κ2) is 11.0. The number of amides is 2. The number of nitrogens with zero attached hydrogens (tertiary/aromatic N) is 2. The molecule has 33 heavy (non-hydrogen) atoms. The second-order valence-corrected chi connectivity index (χ2v) is 10.7. The molecule has 6 heteroatoms. The van der Waals surface area contributed by atoms with Gasteiger partial charge in [0.2, 0.25) is 11.8 Å². The van der Waals surface area contributed by atoms with Crippen LogP contribution in [0.15, 0.2) is 24.3 Å². The zero-order chi connectivity index (χ0) is 23.4. The molecule has 6 nitrogen and oxygen atoms in total. The van der Waals surface area contributed by atoms with Crippen LogP contribution in [0.3, 0.4) is 0 Å². The minimum atomic E-state index is -0.366. The van der Waals surface area contributed by atoms with Crippen molar-refractivity contribution in [3.8, 4) is 0 Å². The average molecular weight is 455 g/mol. The summed E-state index contributed by atoms with van der Waals surface area (Å²) in [5.41, 5.74) is 8.49. The van der Waals surface area contributed by atoms with Crippen molar-refractivity contribution in [2.24, 2.45) is 17.6 Å². The summed E-state index contributed by atoms with van der Waals surface area (Å²) in [4.78, 5) is 30.1. The molecule has 2 saturated carbocycles. The maximum Gasteiger partial charge on any atom is 0.242 e. The van der Waals surface area contributed by atoms with Crippen LogP contribution in [-0.2, 0) is 16.1 Å². The van der Waals surface area contributed by atoms with Crippen molar-refractivity contribution < 1.29 is 9.59 Å². The number of hydrogen-bond acceptors (Lipinski definition) is 4. The number of carbonyl (C=O) groups is 2. The Morgan fingerprint density at radius 2 is 1.76 bits per heavy atom. The number of piperidine rings is 1. The molecule has 0 spiro atoms. The van der Waals surface area contributed by atoms with Crippen LogP contribution < -0.4 is 11.1 Å². The van der Waals surface area contributed by atoms with E-state index in [2.05, 4.69) is 41.4 Å². The monoisotopic (exact) mass is 454 g/mol. The first-order chi connectivity index (χ1) is 15.9. The van der Waals surface area contributed by atoms with E-state index in [4.69, 9.17) is 5.73 Å². The zero-order valence-corrected chi connectivity index (χ0v) is 20.5. The van der Waals surface area contributed by atoms with Gasteiger partial charge < -0.3 is 16.0 Å². The molecule has 2 amide bonds. The normalized spacial score (nSPS) is 28.1. The third kappa shape index (κ3) is 6.36. The Labute approximate surface area is 199 Å². The van der Waals surface area contributed by atoms with Crippen molar-refractivity contribution in [2.75, 3.05) is 19.6 Å². The lowest BCUT2D eigenvalue weighted by atomic mass is 9.81. The van der Waals surface area contributed by atoms with Crippen LogP contribution in [0.4, 0.5) is 0 Å². The number of nitrogens with one attached hydrogen (secondary N) is 1. The molecule has 1 heterocycles. The molecule has 4 rings (SSSR count). The van der Waals surface area contributed by atoms with Crippen molar-refractivity contribution >= 4 is 11.8 Å². The van der Waals surface area contributed by atoms with E-state index in [0.29, 0.717) is 37.0 Å². The molecule has 3 fully saturated rings. The molecular formula is C27H42N4O2. The van der Waals surface area contributed by atoms with E-state index >= 15 is 0 Å². The van der Waals surface area contributed by atoms with Gasteiger partial charge in [-0.3, -0.25) is 14.5 Å². The fraction of sp³-hybridized carbons (Fsp3) is 0.704. The summed E-state index contributed by atoms with van der Waals surface area (Å²) in [5.74, 6) is 1.12. The Kier molecular flexibility index (Phi) is 8.07. The first-order valence-corrected chi connectivity index (χ1v) is 13.0. The summed E-state index contributed by atoms with van der Waals surface area (Å²) in [5, 5.41) is 3.22. The second-order valence-electron chi connectivity index (χ2n) is 10.7. The summed E-state index contributed by atoms with van der Waals surface area (Å²) in [6, 6.07) is 9.37. The number of rotatable bonds is 8. The highest BCUT2D eigenvalue weighted by Gasteiger charge is 2.41. The highest BCUT2D eigenvalue weighted by molar-refractivity contribution is 5.87. The van der Waals surface area contributed by atoms with Gasteiger partial charge in [0.25, 0.3) is 0 Å². The Morgan fingerprint density at radius 1 is 1.03 bits per heavy atom. The fourth-order valence-corrected chi connectivity index (χ4v) is 5.90. The van der Waals surface area contributed by atoms with Gasteiger partial charge in [-0.25, -0.2) is 0 Å². The van der Waals surface area contributed by atoms with Crippen molar-refractivity contribution in [3.05, 3.63) is 35.4 Å². The van der Waals surface area contributed by atoms with E-state index in [-0.39, 0.29) is 17.9 Å². The molecule has 3 aliphatic rings. The van der Waals surface area contributed by atoms with E-state index in [1.54, 1.807) is 11.8 Å². The van der Waals surface area contributed by atoms with Gasteiger partial charge in [-0.2, -0.15) is 0 Å². The molecule has 182 valence electrons. The first-order valence-electron chi connectivity index (χ1n) is 13.0. The summed E-state index contributed by atoms with van der Waals surface area (Å²) in [6.45, 7) is 6.74. The molecule has 1 aromatic rings. The van der Waals surface area contributed by atoms with Crippen molar-refractivity contribution in [1.29, 1.82) is 0 Å². The standard InChI is InChI=1S/C27H42N4O2/c1-19-6-8-21(9-7-19)18-31(24-10-11-24)25-12-13-30(20(2)32)26(15-25)27(33)29-17-23-5-3-4-22(14-23)16-28/h6-9,22-26H,3-5,10-18,28H2,1-2H3,(H,29,33)/t22?,23?,25?,26-/m1/s1. The third-order valence-electron chi connectivity index (χ3n) is 8.04. The molecule has 4 atom stereocenters. The molecule has 0 bridgehead atoms. The Hall–Kier alpha value is -1.92. The van der Waals surface area contributed by atoms with Crippen molar-refractivity contribution in [3.63, 3.8) is 0 Å². The van der Waals surface area contributed by atoms with Crippen LogP contribution in [-0.4, -0.2) is 59.4 Å². The lowest BCUT2D eigenvalue weighted by molar-refractivity contribution is -0.142. The van der Waals surface area contributed by atoms with Crippen molar-refractivity contribution in [2.45, 2.75) is 89.9 Å². The number of likely N-dealkylation sites (tertiary alicyclic amines) is 1. The molecule has 0 radical (unpaired) electrons. The number of hydrogen-bond donors (Lipinski definition) is 2. The maximum atomic E-state index is 13.3. The van der Waals surface area contributed by atoms with E-state index in [1.807, 2.05) is 0 Å². The van der Waals surface area contributed by atoms with Crippen LogP contribution in [0.2, 0.25) is 0 Å². The van der Waals surface area contributed by atoms with Crippen LogP contribution in [0.5, 0.6) is 0 Å². The van der Waals surface area contributed by atoms with Crippen LogP contribution in [0.25, 0.3) is 0 Å². The highest BCUT2D eigenvalue weighted by Crippen LogP contribution is 2.35. The minimum absolute atomic E-state index is 0.00553. The predicted octanol–water partition coefficient (Wildman–Crippen LogP) is 3.22. The molecule has 0 aromatic heterocycles. The quantitative estimate of drug-likeness (QED) is 0.632. The van der Waals surface area contributed by atoms with Crippen LogP contribution >= 0.6 is 0 Å². The van der Waals surface area contributed by atoms with E-state index in [0.717, 1.165) is 38.8 Å². The van der Waals surface area contributed by atoms with Gasteiger partial charge in [0.15, 0.2) is 0 Å². The Balaban J connectivity index is 1.40. The van der Waals surface area contributed by atoms with Gasteiger partial charge in [0.1, 0.15) is 6.04 Å². The smallest absolute Gasteiger partial charge is 0.242 e. The molecule has 2 aliphatic carbocycles. The number of aryl methyl sites for hydroxylation is 1. The summed E-state index contributed by atoms with van der Waals surface area (Å²) in [6.07, 6.45) is 8.80. The zero-order valence-electron chi connectivity index (χ0n) is 20.5. The number of nitrogens with two attached hydrogens (primary N) is 1. The lowest BCUT2D eigenvalue weighted by Gasteiger charge is -2.43. The summed E-state index contributed by atoms with van der Waals surface area (Å²) >= 11 is 0. The van der Waals surface area contributed by atoms with Gasteiger partial charge in [-0.05, 0) is 75.8 Å². The minimum Gasteiger partial charge on any atom is -0.354 e. The van der Waals surface area contributed by atoms with E-state index in [1.165, 1.54) is 36.8 Å². The number of carbonyl (C=O) groups excluding carboxylic acids is 2. The van der Waals surface area contributed by atoms with Gasteiger partial charge in [0.05, 0.1) is 0 Å². The molecule has 3 N–H and O–H groups in total. The summed E-state index contributed by atoms with van der Waals surface area (Å²) < 4.78 is 0. The summed E-state index contributed by atoms with van der Waals surface area (Å²) in [7, 11) is 0. The lowest BCUT2D eigenvalue weighted by Crippen LogP contribution is -2.57. The largest absolute Gasteiger partial charge is 0.354 e. The topological polar surface area (TPSA) is 78.7 Å². The molecular weight excluding hydrogens is 412 g/mol. The molecule has 1 aromatic carbocycles. The highest BCUT2D eigenvalue weighted by atomic mass is 16.2. The van der Waals surface area contributed by atoms with Gasteiger partial charge >= 0.3 is 0 Å². The number of benzene rings is 1. The molecule has 3 unspecified atom stereocenters. The van der Waals surface area contributed by atoms with Gasteiger partial charge in [-0.1, -0.05) is 36.2 Å². The Morgan fingerprint density at radius 3 is 2.42 bits per heavy atom. The van der Waals surface area contributed by atoms with Crippen LogP contribution in [0, 0.1) is 18.8 Å².